The molecule has 0 saturated carbocycles. The van der Waals surface area contributed by atoms with E-state index in [1.807, 2.05) is 11.4 Å². The van der Waals surface area contributed by atoms with E-state index in [2.05, 4.69) is 20.9 Å². The number of alkyl halides is 3. The number of aromatic nitrogens is 1. The molecule has 0 aliphatic heterocycles. The Morgan fingerprint density at radius 3 is 2.58 bits per heavy atom. The van der Waals surface area contributed by atoms with Crippen LogP contribution in [0.5, 0.6) is 0 Å². The Balaban J connectivity index is 2.09. The van der Waals surface area contributed by atoms with Gasteiger partial charge in [-0.2, -0.15) is 13.2 Å². The highest BCUT2D eigenvalue weighted by Crippen LogP contribution is 2.30. The van der Waals surface area contributed by atoms with E-state index in [1.54, 1.807) is 0 Å². The lowest BCUT2D eigenvalue weighted by Crippen LogP contribution is -2.08. The Morgan fingerprint density at radius 2 is 2.11 bits per heavy atom. The minimum absolute atomic E-state index is 0.234. The molecule has 0 amide bonds. The normalized spacial score (nSPS) is 13.5. The predicted octanol–water partition coefficient (Wildman–Crippen LogP) is 4.20. The highest BCUT2D eigenvalue weighted by Gasteiger charge is 2.30. The molecule has 1 N–H and O–H groups in total. The van der Waals surface area contributed by atoms with Gasteiger partial charge in [0.1, 0.15) is 6.10 Å². The molecule has 0 fully saturated rings. The standard InChI is InChI=1S/C12H9BrF3NOS/c13-8-3-9(19-6-8)4-11(18)10-2-1-7(5-17-10)12(14,15)16/h1-3,5-6,11,18H,4H2. The van der Waals surface area contributed by atoms with Crippen molar-refractivity contribution in [1.29, 1.82) is 0 Å². The molecule has 2 aromatic heterocycles. The molecule has 2 nitrogen and oxygen atoms in total. The fraction of sp³-hybridized carbons (Fsp3) is 0.250. The molecule has 1 unspecified atom stereocenters. The van der Waals surface area contributed by atoms with Gasteiger partial charge in [-0.15, -0.1) is 11.3 Å². The van der Waals surface area contributed by atoms with Crippen LogP contribution in [0.25, 0.3) is 0 Å². The van der Waals surface area contributed by atoms with Gasteiger partial charge in [-0.3, -0.25) is 4.98 Å². The van der Waals surface area contributed by atoms with Crippen molar-refractivity contribution in [3.05, 3.63) is 50.4 Å². The fourth-order valence-electron chi connectivity index (χ4n) is 1.53. The lowest BCUT2D eigenvalue weighted by Gasteiger charge is -2.10. The molecule has 0 aromatic carbocycles. The van der Waals surface area contributed by atoms with Crippen LogP contribution in [-0.4, -0.2) is 10.1 Å². The Hall–Kier alpha value is -0.920. The van der Waals surface area contributed by atoms with Crippen LogP contribution in [0.3, 0.4) is 0 Å². The topological polar surface area (TPSA) is 33.1 Å². The van der Waals surface area contributed by atoms with Gasteiger partial charge in [-0.25, -0.2) is 0 Å². The first-order valence-corrected chi connectivity index (χ1v) is 6.97. The maximum Gasteiger partial charge on any atom is 0.417 e. The summed E-state index contributed by atoms with van der Waals surface area (Å²) < 4.78 is 38.0. The minimum atomic E-state index is -4.41. The summed E-state index contributed by atoms with van der Waals surface area (Å²) in [5, 5.41) is 11.8. The fourth-order valence-corrected chi connectivity index (χ4v) is 3.02. The molecule has 102 valence electrons. The molecule has 2 heterocycles. The largest absolute Gasteiger partial charge is 0.417 e. The molecule has 0 bridgehead atoms. The molecule has 0 radical (unpaired) electrons. The van der Waals surface area contributed by atoms with Gasteiger partial charge in [-0.05, 0) is 34.1 Å². The van der Waals surface area contributed by atoms with E-state index in [0.29, 0.717) is 6.42 Å². The van der Waals surface area contributed by atoms with Gasteiger partial charge in [0.25, 0.3) is 0 Å². The molecule has 7 heteroatoms. The molecule has 0 spiro atoms. The number of pyridine rings is 1. The van der Waals surface area contributed by atoms with Gasteiger partial charge >= 0.3 is 6.18 Å². The van der Waals surface area contributed by atoms with Crippen molar-refractivity contribution in [3.8, 4) is 0 Å². The van der Waals surface area contributed by atoms with E-state index in [9.17, 15) is 18.3 Å². The number of nitrogens with zero attached hydrogens (tertiary/aromatic N) is 1. The van der Waals surface area contributed by atoms with E-state index in [0.717, 1.165) is 21.6 Å². The first-order chi connectivity index (χ1) is 8.86. The third-order valence-corrected chi connectivity index (χ3v) is 4.19. The summed E-state index contributed by atoms with van der Waals surface area (Å²) in [7, 11) is 0. The number of aliphatic hydroxyl groups excluding tert-OH is 1. The molecule has 0 aliphatic carbocycles. The molecule has 19 heavy (non-hydrogen) atoms. The monoisotopic (exact) mass is 351 g/mol. The van der Waals surface area contributed by atoms with Crippen molar-refractivity contribution < 1.29 is 18.3 Å². The van der Waals surface area contributed by atoms with Gasteiger partial charge in [0.15, 0.2) is 0 Å². The zero-order chi connectivity index (χ0) is 14.0. The summed E-state index contributed by atoms with van der Waals surface area (Å²) in [6.45, 7) is 0. The average Bonchev–Trinajstić information content (AvgIpc) is 2.74. The molecule has 2 rings (SSSR count). The molecule has 0 saturated heterocycles. The highest BCUT2D eigenvalue weighted by atomic mass is 79.9. The van der Waals surface area contributed by atoms with E-state index >= 15 is 0 Å². The van der Waals surface area contributed by atoms with Crippen molar-refractivity contribution in [3.63, 3.8) is 0 Å². The maximum atomic E-state index is 12.4. The van der Waals surface area contributed by atoms with Crippen LogP contribution < -0.4 is 0 Å². The second kappa shape index (κ2) is 5.60. The van der Waals surface area contributed by atoms with E-state index in [1.165, 1.54) is 17.4 Å². The first-order valence-electron chi connectivity index (χ1n) is 5.30. The quantitative estimate of drug-likeness (QED) is 0.898. The van der Waals surface area contributed by atoms with Crippen molar-refractivity contribution in [2.75, 3.05) is 0 Å². The van der Waals surface area contributed by atoms with E-state index in [4.69, 9.17) is 0 Å². The van der Waals surface area contributed by atoms with E-state index in [-0.39, 0.29) is 5.69 Å². The summed E-state index contributed by atoms with van der Waals surface area (Å²) in [6, 6.07) is 3.99. The zero-order valence-corrected chi connectivity index (χ0v) is 11.9. The Kier molecular flexibility index (Phi) is 4.27. The number of rotatable bonds is 3. The smallest absolute Gasteiger partial charge is 0.386 e. The lowest BCUT2D eigenvalue weighted by atomic mass is 10.1. The minimum Gasteiger partial charge on any atom is -0.386 e. The second-order valence-corrected chi connectivity index (χ2v) is 5.83. The molecule has 2 aromatic rings. The van der Waals surface area contributed by atoms with Crippen molar-refractivity contribution >= 4 is 27.3 Å². The molecular weight excluding hydrogens is 343 g/mol. The Labute approximate surface area is 120 Å². The van der Waals surface area contributed by atoms with Crippen LogP contribution >= 0.6 is 27.3 Å². The summed E-state index contributed by atoms with van der Waals surface area (Å²) in [5.74, 6) is 0. The van der Waals surface area contributed by atoms with Crippen LogP contribution in [0.1, 0.15) is 22.2 Å². The number of thiophene rings is 1. The zero-order valence-electron chi connectivity index (χ0n) is 9.49. The number of aliphatic hydroxyl groups is 1. The number of hydrogen-bond acceptors (Lipinski definition) is 3. The highest BCUT2D eigenvalue weighted by molar-refractivity contribution is 9.10. The van der Waals surface area contributed by atoms with Crippen LogP contribution in [0, 0.1) is 0 Å². The summed E-state index contributed by atoms with van der Waals surface area (Å²) in [5.41, 5.74) is -0.583. The molecule has 0 aliphatic rings. The number of halogens is 4. The maximum absolute atomic E-state index is 12.4. The summed E-state index contributed by atoms with van der Waals surface area (Å²) in [6.07, 6.45) is -4.25. The SMILES string of the molecule is OC(Cc1cc(Br)cs1)c1ccc(C(F)(F)F)cn1. The van der Waals surface area contributed by atoms with Crippen LogP contribution in [0.4, 0.5) is 13.2 Å². The van der Waals surface area contributed by atoms with E-state index < -0.39 is 17.8 Å². The Morgan fingerprint density at radius 1 is 1.37 bits per heavy atom. The van der Waals surface area contributed by atoms with Gasteiger partial charge in [0.05, 0.1) is 11.3 Å². The number of hydrogen-bond donors (Lipinski definition) is 1. The third-order valence-electron chi connectivity index (χ3n) is 2.47. The third kappa shape index (κ3) is 3.77. The first kappa shape index (κ1) is 14.5. The lowest BCUT2D eigenvalue weighted by molar-refractivity contribution is -0.137. The van der Waals surface area contributed by atoms with Gasteiger partial charge in [0, 0.05) is 27.3 Å². The average molecular weight is 352 g/mol. The molecule has 1 atom stereocenters. The second-order valence-electron chi connectivity index (χ2n) is 3.92. The van der Waals surface area contributed by atoms with Gasteiger partial charge < -0.3 is 5.11 Å². The van der Waals surface area contributed by atoms with Gasteiger partial charge in [0.2, 0.25) is 0 Å². The Bertz CT molecular complexity index is 553. The predicted molar refractivity (Wildman–Crippen MR) is 69.9 cm³/mol. The van der Waals surface area contributed by atoms with Crippen molar-refractivity contribution in [2.45, 2.75) is 18.7 Å². The van der Waals surface area contributed by atoms with Gasteiger partial charge in [-0.1, -0.05) is 0 Å². The van der Waals surface area contributed by atoms with Crippen molar-refractivity contribution in [1.82, 2.24) is 4.98 Å². The summed E-state index contributed by atoms with van der Waals surface area (Å²) in [4.78, 5) is 4.60. The summed E-state index contributed by atoms with van der Waals surface area (Å²) >= 11 is 4.76. The van der Waals surface area contributed by atoms with Crippen molar-refractivity contribution in [2.24, 2.45) is 0 Å². The molecular formula is C12H9BrF3NOS. The van der Waals surface area contributed by atoms with Crippen LogP contribution in [0.15, 0.2) is 34.2 Å². The van der Waals surface area contributed by atoms with Crippen LogP contribution in [0.2, 0.25) is 0 Å². The van der Waals surface area contributed by atoms with Crippen LogP contribution in [-0.2, 0) is 12.6 Å².